The fraction of sp³-hybridized carbons (Fsp3) is 0.167. The monoisotopic (exact) mass is 310 g/mol. The SMILES string of the molecule is CC(NC(=O)c1cccc(Br)n1)c1cccs1. The highest BCUT2D eigenvalue weighted by Gasteiger charge is 2.13. The van der Waals surface area contributed by atoms with Crippen molar-refractivity contribution in [3.8, 4) is 0 Å². The van der Waals surface area contributed by atoms with Crippen molar-refractivity contribution in [2.75, 3.05) is 0 Å². The van der Waals surface area contributed by atoms with Gasteiger partial charge in [-0.25, -0.2) is 4.98 Å². The molecule has 2 aromatic heterocycles. The lowest BCUT2D eigenvalue weighted by Gasteiger charge is -2.11. The third-order valence-corrected chi connectivity index (χ3v) is 3.76. The molecule has 0 saturated heterocycles. The van der Waals surface area contributed by atoms with Gasteiger partial charge in [0.1, 0.15) is 10.3 Å². The molecule has 0 aliphatic rings. The Bertz CT molecular complexity index is 513. The van der Waals surface area contributed by atoms with Gasteiger partial charge in [-0.05, 0) is 46.4 Å². The van der Waals surface area contributed by atoms with Crippen LogP contribution in [0.2, 0.25) is 0 Å². The minimum absolute atomic E-state index is 0.00304. The van der Waals surface area contributed by atoms with Crippen LogP contribution in [0, 0.1) is 0 Å². The van der Waals surface area contributed by atoms with Crippen molar-refractivity contribution in [1.29, 1.82) is 0 Å². The average molecular weight is 311 g/mol. The maximum Gasteiger partial charge on any atom is 0.270 e. The van der Waals surface area contributed by atoms with E-state index in [-0.39, 0.29) is 11.9 Å². The molecule has 1 atom stereocenters. The highest BCUT2D eigenvalue weighted by atomic mass is 79.9. The Balaban J connectivity index is 2.07. The van der Waals surface area contributed by atoms with E-state index in [1.165, 1.54) is 0 Å². The number of nitrogens with zero attached hydrogens (tertiary/aromatic N) is 1. The van der Waals surface area contributed by atoms with Crippen LogP contribution in [-0.2, 0) is 0 Å². The summed E-state index contributed by atoms with van der Waals surface area (Å²) < 4.78 is 0.661. The van der Waals surface area contributed by atoms with Gasteiger partial charge in [-0.15, -0.1) is 11.3 Å². The van der Waals surface area contributed by atoms with Crippen molar-refractivity contribution in [1.82, 2.24) is 10.3 Å². The quantitative estimate of drug-likeness (QED) is 0.883. The molecule has 0 spiro atoms. The van der Waals surface area contributed by atoms with Crippen LogP contribution < -0.4 is 5.32 Å². The Hall–Kier alpha value is -1.20. The number of thiophene rings is 1. The summed E-state index contributed by atoms with van der Waals surface area (Å²) in [6.07, 6.45) is 0. The molecule has 2 rings (SSSR count). The van der Waals surface area contributed by atoms with Crippen LogP contribution in [0.25, 0.3) is 0 Å². The van der Waals surface area contributed by atoms with Gasteiger partial charge >= 0.3 is 0 Å². The molecule has 2 heterocycles. The molecule has 1 N–H and O–H groups in total. The van der Waals surface area contributed by atoms with E-state index in [1.54, 1.807) is 29.5 Å². The second-order valence-corrected chi connectivity index (χ2v) is 5.35. The zero-order chi connectivity index (χ0) is 12.3. The topological polar surface area (TPSA) is 42.0 Å². The maximum absolute atomic E-state index is 11.9. The highest BCUT2D eigenvalue weighted by Crippen LogP contribution is 2.18. The van der Waals surface area contributed by atoms with Crippen LogP contribution >= 0.6 is 27.3 Å². The van der Waals surface area contributed by atoms with Crippen LogP contribution in [0.5, 0.6) is 0 Å². The number of carbonyl (C=O) groups excluding carboxylic acids is 1. The lowest BCUT2D eigenvalue weighted by molar-refractivity contribution is 0.0935. The van der Waals surface area contributed by atoms with E-state index in [4.69, 9.17) is 0 Å². The number of halogens is 1. The first-order valence-electron chi connectivity index (χ1n) is 5.13. The first-order chi connectivity index (χ1) is 8.16. The standard InChI is InChI=1S/C12H11BrN2OS/c1-8(10-5-3-7-17-10)14-12(16)9-4-2-6-11(13)15-9/h2-8H,1H3,(H,14,16). The molecule has 0 aromatic carbocycles. The fourth-order valence-corrected chi connectivity index (χ4v) is 2.49. The van der Waals surface area contributed by atoms with Gasteiger partial charge in [-0.1, -0.05) is 12.1 Å². The number of rotatable bonds is 3. The molecule has 17 heavy (non-hydrogen) atoms. The molecule has 0 bridgehead atoms. The van der Waals surface area contributed by atoms with Crippen molar-refractivity contribution in [3.05, 3.63) is 50.9 Å². The van der Waals surface area contributed by atoms with E-state index in [9.17, 15) is 4.79 Å². The van der Waals surface area contributed by atoms with Crippen LogP contribution in [0.1, 0.15) is 28.3 Å². The maximum atomic E-state index is 11.9. The number of carbonyl (C=O) groups is 1. The Labute approximate surface area is 112 Å². The Morgan fingerprint density at radius 1 is 1.41 bits per heavy atom. The Morgan fingerprint density at radius 2 is 2.24 bits per heavy atom. The molecule has 0 aliphatic heterocycles. The Morgan fingerprint density at radius 3 is 2.88 bits per heavy atom. The van der Waals surface area contributed by atoms with Gasteiger partial charge in [0.25, 0.3) is 5.91 Å². The van der Waals surface area contributed by atoms with E-state index in [0.29, 0.717) is 10.3 Å². The molecule has 5 heteroatoms. The van der Waals surface area contributed by atoms with Crippen molar-refractivity contribution in [3.63, 3.8) is 0 Å². The van der Waals surface area contributed by atoms with Crippen LogP contribution in [0.15, 0.2) is 40.3 Å². The summed E-state index contributed by atoms with van der Waals surface area (Å²) in [5.74, 6) is -0.160. The predicted octanol–water partition coefficient (Wildman–Crippen LogP) is 3.40. The molecular weight excluding hydrogens is 300 g/mol. The number of aromatic nitrogens is 1. The van der Waals surface area contributed by atoms with Gasteiger partial charge in [0.05, 0.1) is 6.04 Å². The fourth-order valence-electron chi connectivity index (χ4n) is 1.41. The number of amides is 1. The number of hydrogen-bond acceptors (Lipinski definition) is 3. The molecule has 1 amide bonds. The van der Waals surface area contributed by atoms with Crippen molar-refractivity contribution in [2.24, 2.45) is 0 Å². The average Bonchev–Trinajstić information content (AvgIpc) is 2.82. The minimum atomic E-state index is -0.160. The first kappa shape index (κ1) is 12.3. The lowest BCUT2D eigenvalue weighted by Crippen LogP contribution is -2.26. The van der Waals surface area contributed by atoms with Crippen LogP contribution in [0.4, 0.5) is 0 Å². The predicted molar refractivity (Wildman–Crippen MR) is 72.1 cm³/mol. The number of hydrogen-bond donors (Lipinski definition) is 1. The molecule has 1 unspecified atom stereocenters. The van der Waals surface area contributed by atoms with Gasteiger partial charge in [-0.3, -0.25) is 4.79 Å². The number of pyridine rings is 1. The summed E-state index contributed by atoms with van der Waals surface area (Å²) >= 11 is 4.87. The van der Waals surface area contributed by atoms with E-state index in [0.717, 1.165) is 4.88 Å². The summed E-state index contributed by atoms with van der Waals surface area (Å²) in [6, 6.07) is 9.26. The summed E-state index contributed by atoms with van der Waals surface area (Å²) in [4.78, 5) is 17.2. The second kappa shape index (κ2) is 5.42. The van der Waals surface area contributed by atoms with Crippen LogP contribution in [0.3, 0.4) is 0 Å². The zero-order valence-corrected chi connectivity index (χ0v) is 11.6. The largest absolute Gasteiger partial charge is 0.343 e. The van der Waals surface area contributed by atoms with Gasteiger partial charge < -0.3 is 5.32 Å². The van der Waals surface area contributed by atoms with E-state index in [1.807, 2.05) is 24.4 Å². The third-order valence-electron chi connectivity index (χ3n) is 2.27. The number of nitrogens with one attached hydrogen (secondary N) is 1. The first-order valence-corrected chi connectivity index (χ1v) is 6.81. The van der Waals surface area contributed by atoms with Gasteiger partial charge in [0, 0.05) is 4.88 Å². The molecular formula is C12H11BrN2OS. The molecule has 0 fully saturated rings. The molecule has 3 nitrogen and oxygen atoms in total. The van der Waals surface area contributed by atoms with Crippen LogP contribution in [-0.4, -0.2) is 10.9 Å². The lowest BCUT2D eigenvalue weighted by atomic mass is 10.2. The smallest absolute Gasteiger partial charge is 0.270 e. The molecule has 0 aliphatic carbocycles. The summed E-state index contributed by atoms with van der Waals surface area (Å²) in [7, 11) is 0. The summed E-state index contributed by atoms with van der Waals surface area (Å²) in [5, 5.41) is 4.91. The van der Waals surface area contributed by atoms with Gasteiger partial charge in [-0.2, -0.15) is 0 Å². The van der Waals surface area contributed by atoms with Gasteiger partial charge in [0.2, 0.25) is 0 Å². The summed E-state index contributed by atoms with van der Waals surface area (Å²) in [5.41, 5.74) is 0.419. The van der Waals surface area contributed by atoms with Crippen molar-refractivity contribution < 1.29 is 4.79 Å². The normalized spacial score (nSPS) is 12.1. The Kier molecular flexibility index (Phi) is 3.91. The summed E-state index contributed by atoms with van der Waals surface area (Å²) in [6.45, 7) is 1.96. The molecule has 2 aromatic rings. The third kappa shape index (κ3) is 3.14. The van der Waals surface area contributed by atoms with Crippen molar-refractivity contribution >= 4 is 33.2 Å². The van der Waals surface area contributed by atoms with Crippen molar-refractivity contribution in [2.45, 2.75) is 13.0 Å². The molecule has 0 saturated carbocycles. The van der Waals surface area contributed by atoms with E-state index < -0.39 is 0 Å². The zero-order valence-electron chi connectivity index (χ0n) is 9.18. The highest BCUT2D eigenvalue weighted by molar-refractivity contribution is 9.10. The van der Waals surface area contributed by atoms with Gasteiger partial charge in [0.15, 0.2) is 0 Å². The second-order valence-electron chi connectivity index (χ2n) is 3.56. The molecule has 0 radical (unpaired) electrons. The van der Waals surface area contributed by atoms with E-state index in [2.05, 4.69) is 26.2 Å². The minimum Gasteiger partial charge on any atom is -0.343 e. The van der Waals surface area contributed by atoms with E-state index >= 15 is 0 Å². The molecule has 88 valence electrons.